The Morgan fingerprint density at radius 1 is 0.577 bits per heavy atom. The number of rotatable bonds is 18. The van der Waals surface area contributed by atoms with Gasteiger partial charge in [0.05, 0.1) is 27.2 Å². The van der Waals surface area contributed by atoms with Crippen molar-refractivity contribution < 1.29 is 4.48 Å². The van der Waals surface area contributed by atoms with E-state index < -0.39 is 0 Å². The highest BCUT2D eigenvalue weighted by Gasteiger charge is 2.13. The first kappa shape index (κ1) is 27.9. The van der Waals surface area contributed by atoms with Crippen LogP contribution in [0.5, 0.6) is 0 Å². The molecule has 0 fully saturated rings. The summed E-state index contributed by atoms with van der Waals surface area (Å²) < 4.78 is 1.24. The average molecular weight is 385 g/mol. The lowest BCUT2D eigenvalue weighted by molar-refractivity contribution is -0.890. The molecule has 2 nitrogen and oxygen atoms in total. The highest BCUT2D eigenvalue weighted by molar-refractivity contribution is 7.64. The predicted octanol–water partition coefficient (Wildman–Crippen LogP) is 7.36. The Bertz CT molecular complexity index is 275. The Morgan fingerprint density at radius 3 is 1.08 bits per heavy atom. The van der Waals surface area contributed by atoms with Crippen LogP contribution in [0.1, 0.15) is 117 Å². The molecule has 0 radical (unpaired) electrons. The van der Waals surface area contributed by atoms with Gasteiger partial charge in [-0.05, 0) is 25.7 Å². The lowest BCUT2D eigenvalue weighted by Crippen LogP contribution is -2.41. The molecule has 0 saturated carbocycles. The maximum Gasteiger partial charge on any atom is 0.0782 e. The van der Waals surface area contributed by atoms with Crippen molar-refractivity contribution in [3.05, 3.63) is 0 Å². The number of unbranched alkanes of at least 4 members (excludes halogenated alkanes) is 14. The molecule has 0 aliphatic heterocycles. The first-order chi connectivity index (χ1) is 12.5. The fraction of sp³-hybridized carbons (Fsp3) is 0.957. The van der Waals surface area contributed by atoms with Gasteiger partial charge in [-0.3, -0.25) is 0 Å². The Hall–Kier alpha value is -0.330. The van der Waals surface area contributed by atoms with E-state index in [1.165, 1.54) is 126 Å². The molecule has 0 saturated heterocycles. The molecule has 0 heterocycles. The normalized spacial score (nSPS) is 10.9. The van der Waals surface area contributed by atoms with Crippen LogP contribution in [0.25, 0.3) is 0 Å². The third-order valence-corrected chi connectivity index (χ3v) is 5.23. The molecule has 0 amide bonds. The molecule has 0 aliphatic carbocycles. The Balaban J connectivity index is 0. The van der Waals surface area contributed by atoms with E-state index in [4.69, 9.17) is 5.26 Å². The second-order valence-corrected chi connectivity index (χ2v) is 8.61. The van der Waals surface area contributed by atoms with Gasteiger partial charge in [-0.25, -0.2) is 5.26 Å². The maximum absolute atomic E-state index is 7.13. The number of nitrogens with zero attached hydrogens (tertiary/aromatic N) is 2. The molecular formula is C23H48N2S. The molecule has 0 atom stereocenters. The molecule has 0 spiro atoms. The SMILES string of the molecule is CCCCCCCCCC[N+](C)(C)CCCCCCCCCC.N#C[S-]. The Morgan fingerprint density at radius 2 is 0.808 bits per heavy atom. The van der Waals surface area contributed by atoms with Gasteiger partial charge in [0.15, 0.2) is 0 Å². The largest absolute Gasteiger partial charge is 0.696 e. The van der Waals surface area contributed by atoms with Crippen LogP contribution < -0.4 is 0 Å². The van der Waals surface area contributed by atoms with Crippen molar-refractivity contribution in [2.24, 2.45) is 0 Å². The van der Waals surface area contributed by atoms with E-state index in [2.05, 4.69) is 40.6 Å². The van der Waals surface area contributed by atoms with Crippen LogP contribution in [0.15, 0.2) is 0 Å². The smallest absolute Gasteiger partial charge is 0.0782 e. The van der Waals surface area contributed by atoms with Crippen molar-refractivity contribution in [3.63, 3.8) is 0 Å². The fourth-order valence-corrected chi connectivity index (χ4v) is 3.46. The summed E-state index contributed by atoms with van der Waals surface area (Å²) >= 11 is 3.70. The lowest BCUT2D eigenvalue weighted by atomic mass is 10.1. The quantitative estimate of drug-likeness (QED) is 0.107. The van der Waals surface area contributed by atoms with Gasteiger partial charge in [0, 0.05) is 0 Å². The van der Waals surface area contributed by atoms with E-state index in [0.29, 0.717) is 0 Å². The number of hydrogen-bond acceptors (Lipinski definition) is 2. The predicted molar refractivity (Wildman–Crippen MR) is 120 cm³/mol. The van der Waals surface area contributed by atoms with Crippen LogP contribution in [-0.2, 0) is 12.6 Å². The third-order valence-electron chi connectivity index (χ3n) is 5.23. The minimum Gasteiger partial charge on any atom is -0.696 e. The van der Waals surface area contributed by atoms with Crippen LogP contribution in [0.4, 0.5) is 0 Å². The van der Waals surface area contributed by atoms with Gasteiger partial charge in [-0.2, -0.15) is 0 Å². The summed E-state index contributed by atoms with van der Waals surface area (Å²) in [6.07, 6.45) is 23.0. The van der Waals surface area contributed by atoms with Gasteiger partial charge in [-0.15, -0.1) is 0 Å². The molecule has 0 aromatic rings. The van der Waals surface area contributed by atoms with Gasteiger partial charge < -0.3 is 17.1 Å². The van der Waals surface area contributed by atoms with E-state index in [0.717, 1.165) is 0 Å². The molecule has 0 N–H and O–H groups in total. The lowest BCUT2D eigenvalue weighted by Gasteiger charge is -2.30. The zero-order valence-electron chi connectivity index (χ0n) is 18.5. The number of nitriles is 1. The van der Waals surface area contributed by atoms with Crippen LogP contribution in [0.3, 0.4) is 0 Å². The Labute approximate surface area is 171 Å². The fourth-order valence-electron chi connectivity index (χ4n) is 3.46. The van der Waals surface area contributed by atoms with E-state index in [1.54, 1.807) is 0 Å². The average Bonchev–Trinajstić information content (AvgIpc) is 2.60. The topological polar surface area (TPSA) is 23.8 Å². The van der Waals surface area contributed by atoms with Gasteiger partial charge in [0.2, 0.25) is 0 Å². The van der Waals surface area contributed by atoms with Crippen molar-refractivity contribution in [3.8, 4) is 5.40 Å². The van der Waals surface area contributed by atoms with E-state index in [1.807, 2.05) is 0 Å². The van der Waals surface area contributed by atoms with Gasteiger partial charge in [0.25, 0.3) is 0 Å². The maximum atomic E-state index is 7.13. The van der Waals surface area contributed by atoms with E-state index >= 15 is 0 Å². The minimum atomic E-state index is 1.24. The van der Waals surface area contributed by atoms with Crippen molar-refractivity contribution >= 4 is 12.6 Å². The van der Waals surface area contributed by atoms with Crippen LogP contribution in [0.2, 0.25) is 0 Å². The monoisotopic (exact) mass is 384 g/mol. The van der Waals surface area contributed by atoms with Crippen molar-refractivity contribution in [1.82, 2.24) is 0 Å². The number of thiocyanates is 1. The van der Waals surface area contributed by atoms with E-state index in [-0.39, 0.29) is 0 Å². The second kappa shape index (κ2) is 22.7. The summed E-state index contributed by atoms with van der Waals surface area (Å²) in [7, 11) is 4.87. The molecule has 0 bridgehead atoms. The highest BCUT2D eigenvalue weighted by atomic mass is 32.1. The van der Waals surface area contributed by atoms with Crippen LogP contribution in [-0.4, -0.2) is 31.7 Å². The Kier molecular flexibility index (Phi) is 24.4. The highest BCUT2D eigenvalue weighted by Crippen LogP contribution is 2.13. The molecule has 0 rings (SSSR count). The molecule has 0 unspecified atom stereocenters. The standard InChI is InChI=1S/C22H48N.CHNS/c1-5-7-9-11-13-15-17-19-21-23(3,4)22-20-18-16-14-12-10-8-6-2;2-1-3/h5-22H2,1-4H3;3H/q+1;/p-1. The second-order valence-electron chi connectivity index (χ2n) is 8.42. The summed E-state index contributed by atoms with van der Waals surface area (Å²) in [6, 6.07) is 0. The molecule has 0 aromatic heterocycles. The summed E-state index contributed by atoms with van der Waals surface area (Å²) in [5.41, 5.74) is 0. The first-order valence-corrected chi connectivity index (χ1v) is 11.8. The summed E-state index contributed by atoms with van der Waals surface area (Å²) in [5, 5.41) is 8.47. The third kappa shape index (κ3) is 25.9. The molecule has 26 heavy (non-hydrogen) atoms. The van der Waals surface area contributed by atoms with Gasteiger partial charge in [-0.1, -0.05) is 96.3 Å². The molecule has 0 aromatic carbocycles. The zero-order valence-corrected chi connectivity index (χ0v) is 19.3. The summed E-state index contributed by atoms with van der Waals surface area (Å²) in [5.74, 6) is 0. The van der Waals surface area contributed by atoms with Crippen molar-refractivity contribution in [1.29, 1.82) is 5.26 Å². The van der Waals surface area contributed by atoms with Crippen LogP contribution >= 0.6 is 0 Å². The molecule has 0 aliphatic rings. The van der Waals surface area contributed by atoms with Gasteiger partial charge >= 0.3 is 0 Å². The number of hydrogen-bond donors (Lipinski definition) is 0. The van der Waals surface area contributed by atoms with Crippen LogP contribution in [0, 0.1) is 10.7 Å². The van der Waals surface area contributed by atoms with Crippen molar-refractivity contribution in [2.45, 2.75) is 117 Å². The van der Waals surface area contributed by atoms with E-state index in [9.17, 15) is 0 Å². The molecule has 156 valence electrons. The number of quaternary nitrogens is 1. The summed E-state index contributed by atoms with van der Waals surface area (Å²) in [6.45, 7) is 7.36. The molecular weight excluding hydrogens is 336 g/mol. The summed E-state index contributed by atoms with van der Waals surface area (Å²) in [4.78, 5) is 0. The van der Waals surface area contributed by atoms with Gasteiger partial charge in [0.1, 0.15) is 0 Å². The zero-order chi connectivity index (χ0) is 19.9. The molecule has 3 heteroatoms. The minimum absolute atomic E-state index is 1.24. The van der Waals surface area contributed by atoms with Crippen molar-refractivity contribution in [2.75, 3.05) is 27.2 Å². The first-order valence-electron chi connectivity index (χ1n) is 11.4.